The van der Waals surface area contributed by atoms with E-state index in [1.807, 2.05) is 0 Å². The van der Waals surface area contributed by atoms with Crippen LogP contribution in [-0.2, 0) is 6.42 Å². The summed E-state index contributed by atoms with van der Waals surface area (Å²) in [4.78, 5) is 19.9. The minimum atomic E-state index is -0.655. The molecule has 15 heavy (non-hydrogen) atoms. The molecule has 80 valence electrons. The van der Waals surface area contributed by atoms with E-state index in [4.69, 9.17) is 5.73 Å². The number of hydrogen-bond donors (Lipinski definition) is 1. The zero-order chi connectivity index (χ0) is 11.6. The number of nitro benzene ring substituents is 2. The van der Waals surface area contributed by atoms with Crippen LogP contribution in [0.4, 0.5) is 17.1 Å². The smallest absolute Gasteiger partial charge is 0.292 e. The highest BCUT2D eigenvalue weighted by atomic mass is 16.6. The first-order valence-electron chi connectivity index (χ1n) is 4.18. The van der Waals surface area contributed by atoms with Crippen molar-refractivity contribution in [3.8, 4) is 0 Å². The predicted molar refractivity (Wildman–Crippen MR) is 53.5 cm³/mol. The Kier molecular flexibility index (Phi) is 2.84. The summed E-state index contributed by atoms with van der Waals surface area (Å²) in [6.45, 7) is 1.68. The topological polar surface area (TPSA) is 112 Å². The average Bonchev–Trinajstić information content (AvgIpc) is 2.16. The SMILES string of the molecule is CCc1cc([N+](=O)[O-])c(N)cc1[N+](=O)[O-]. The Labute approximate surface area is 84.8 Å². The van der Waals surface area contributed by atoms with E-state index >= 15 is 0 Å². The maximum absolute atomic E-state index is 10.6. The van der Waals surface area contributed by atoms with Gasteiger partial charge in [-0.25, -0.2) is 0 Å². The molecule has 0 spiro atoms. The number of nitro groups is 2. The fourth-order valence-electron chi connectivity index (χ4n) is 1.25. The van der Waals surface area contributed by atoms with Crippen LogP contribution in [0.2, 0.25) is 0 Å². The lowest BCUT2D eigenvalue weighted by atomic mass is 10.1. The minimum Gasteiger partial charge on any atom is -0.393 e. The van der Waals surface area contributed by atoms with Gasteiger partial charge in [-0.3, -0.25) is 20.2 Å². The molecular formula is C8H9N3O4. The van der Waals surface area contributed by atoms with Crippen LogP contribution in [0.5, 0.6) is 0 Å². The number of anilines is 1. The summed E-state index contributed by atoms with van der Waals surface area (Å²) in [5, 5.41) is 21.1. The second-order valence-corrected chi connectivity index (χ2v) is 2.91. The highest BCUT2D eigenvalue weighted by molar-refractivity contribution is 5.65. The number of nitrogen functional groups attached to an aromatic ring is 1. The molecule has 0 saturated heterocycles. The first kappa shape index (κ1) is 10.9. The summed E-state index contributed by atoms with van der Waals surface area (Å²) >= 11 is 0. The molecule has 7 heteroatoms. The summed E-state index contributed by atoms with van der Waals surface area (Å²) in [5.41, 5.74) is 4.98. The quantitative estimate of drug-likeness (QED) is 0.464. The van der Waals surface area contributed by atoms with Crippen molar-refractivity contribution in [3.63, 3.8) is 0 Å². The number of nitrogens with two attached hydrogens (primary N) is 1. The predicted octanol–water partition coefficient (Wildman–Crippen LogP) is 1.65. The first-order valence-corrected chi connectivity index (χ1v) is 4.18. The lowest BCUT2D eigenvalue weighted by molar-refractivity contribution is -0.389. The van der Waals surface area contributed by atoms with E-state index in [1.165, 1.54) is 0 Å². The molecule has 0 amide bonds. The Morgan fingerprint density at radius 3 is 2.13 bits per heavy atom. The van der Waals surface area contributed by atoms with Gasteiger partial charge < -0.3 is 5.73 Å². The van der Waals surface area contributed by atoms with Crippen LogP contribution in [-0.4, -0.2) is 9.85 Å². The van der Waals surface area contributed by atoms with Crippen LogP contribution in [0.1, 0.15) is 12.5 Å². The summed E-state index contributed by atoms with van der Waals surface area (Å²) in [6.07, 6.45) is 0.345. The number of aryl methyl sites for hydroxylation is 1. The van der Waals surface area contributed by atoms with E-state index in [-0.39, 0.29) is 17.1 Å². The molecule has 0 aliphatic carbocycles. The van der Waals surface area contributed by atoms with E-state index in [0.717, 1.165) is 12.1 Å². The fourth-order valence-corrected chi connectivity index (χ4v) is 1.25. The molecule has 0 saturated carbocycles. The minimum absolute atomic E-state index is 0.180. The zero-order valence-electron chi connectivity index (χ0n) is 7.97. The molecule has 1 rings (SSSR count). The maximum Gasteiger partial charge on any atom is 0.292 e. The van der Waals surface area contributed by atoms with Gasteiger partial charge in [-0.05, 0) is 6.42 Å². The van der Waals surface area contributed by atoms with Crippen molar-refractivity contribution in [1.82, 2.24) is 0 Å². The van der Waals surface area contributed by atoms with Crippen LogP contribution >= 0.6 is 0 Å². The Morgan fingerprint density at radius 1 is 1.20 bits per heavy atom. The third-order valence-electron chi connectivity index (χ3n) is 2.00. The molecule has 7 nitrogen and oxygen atoms in total. The van der Waals surface area contributed by atoms with E-state index in [9.17, 15) is 20.2 Å². The third kappa shape index (κ3) is 2.01. The maximum atomic E-state index is 10.6. The average molecular weight is 211 g/mol. The Hall–Kier alpha value is -2.18. The molecule has 0 fully saturated rings. The summed E-state index contributed by atoms with van der Waals surface area (Å²) in [5.74, 6) is 0. The molecular weight excluding hydrogens is 202 g/mol. The van der Waals surface area contributed by atoms with Crippen LogP contribution < -0.4 is 5.73 Å². The van der Waals surface area contributed by atoms with Gasteiger partial charge >= 0.3 is 0 Å². The third-order valence-corrected chi connectivity index (χ3v) is 2.00. The molecule has 0 bridgehead atoms. The van der Waals surface area contributed by atoms with Gasteiger partial charge in [-0.15, -0.1) is 0 Å². The van der Waals surface area contributed by atoms with Crippen LogP contribution in [0.15, 0.2) is 12.1 Å². The molecule has 0 unspecified atom stereocenters. The van der Waals surface area contributed by atoms with Crippen LogP contribution in [0, 0.1) is 20.2 Å². The normalized spacial score (nSPS) is 9.93. The molecule has 2 N–H and O–H groups in total. The Morgan fingerprint density at radius 2 is 1.73 bits per heavy atom. The molecule has 0 heterocycles. The zero-order valence-corrected chi connectivity index (χ0v) is 7.97. The first-order chi connectivity index (χ1) is 6.97. The molecule has 1 aromatic rings. The molecule has 0 aromatic heterocycles. The van der Waals surface area contributed by atoms with E-state index in [0.29, 0.717) is 12.0 Å². The van der Waals surface area contributed by atoms with Gasteiger partial charge in [0.2, 0.25) is 0 Å². The second kappa shape index (κ2) is 3.91. The van der Waals surface area contributed by atoms with Gasteiger partial charge in [-0.1, -0.05) is 6.92 Å². The van der Waals surface area contributed by atoms with Crippen molar-refractivity contribution in [1.29, 1.82) is 0 Å². The van der Waals surface area contributed by atoms with Crippen molar-refractivity contribution < 1.29 is 9.85 Å². The Balaban J connectivity index is 3.42. The van der Waals surface area contributed by atoms with Crippen LogP contribution in [0.25, 0.3) is 0 Å². The highest BCUT2D eigenvalue weighted by Gasteiger charge is 2.21. The van der Waals surface area contributed by atoms with Gasteiger partial charge in [-0.2, -0.15) is 0 Å². The molecule has 0 radical (unpaired) electrons. The van der Waals surface area contributed by atoms with Gasteiger partial charge in [0.25, 0.3) is 11.4 Å². The van der Waals surface area contributed by atoms with Gasteiger partial charge in [0.1, 0.15) is 5.69 Å². The summed E-state index contributed by atoms with van der Waals surface area (Å²) in [6, 6.07) is 2.17. The second-order valence-electron chi connectivity index (χ2n) is 2.91. The monoisotopic (exact) mass is 211 g/mol. The molecule has 0 aliphatic heterocycles. The Bertz CT molecular complexity index is 430. The van der Waals surface area contributed by atoms with E-state index < -0.39 is 9.85 Å². The lowest BCUT2D eigenvalue weighted by Crippen LogP contribution is -2.01. The number of hydrogen-bond acceptors (Lipinski definition) is 5. The highest BCUT2D eigenvalue weighted by Crippen LogP contribution is 2.30. The van der Waals surface area contributed by atoms with E-state index in [1.54, 1.807) is 6.92 Å². The molecule has 0 atom stereocenters. The number of rotatable bonds is 3. The summed E-state index contributed by atoms with van der Waals surface area (Å²) in [7, 11) is 0. The number of nitrogens with zero attached hydrogens (tertiary/aromatic N) is 2. The number of benzene rings is 1. The van der Waals surface area contributed by atoms with Crippen LogP contribution in [0.3, 0.4) is 0 Å². The largest absolute Gasteiger partial charge is 0.393 e. The van der Waals surface area contributed by atoms with Crippen molar-refractivity contribution in [2.75, 3.05) is 5.73 Å². The fraction of sp³-hybridized carbons (Fsp3) is 0.250. The van der Waals surface area contributed by atoms with E-state index in [2.05, 4.69) is 0 Å². The van der Waals surface area contributed by atoms with Crippen molar-refractivity contribution in [3.05, 3.63) is 37.9 Å². The van der Waals surface area contributed by atoms with Gasteiger partial charge in [0.05, 0.1) is 9.85 Å². The summed E-state index contributed by atoms with van der Waals surface area (Å²) < 4.78 is 0. The lowest BCUT2D eigenvalue weighted by Gasteiger charge is -2.02. The van der Waals surface area contributed by atoms with Crippen molar-refractivity contribution in [2.45, 2.75) is 13.3 Å². The van der Waals surface area contributed by atoms with Gasteiger partial charge in [0.15, 0.2) is 0 Å². The van der Waals surface area contributed by atoms with Crippen molar-refractivity contribution in [2.24, 2.45) is 0 Å². The standard InChI is InChI=1S/C8H9N3O4/c1-2-5-3-8(11(14)15)6(9)4-7(5)10(12)13/h3-4H,2,9H2,1H3. The van der Waals surface area contributed by atoms with Gasteiger partial charge in [0, 0.05) is 17.7 Å². The molecule has 1 aromatic carbocycles. The van der Waals surface area contributed by atoms with Crippen molar-refractivity contribution >= 4 is 17.1 Å². The molecule has 0 aliphatic rings.